The molecule has 0 radical (unpaired) electrons. The molecule has 0 amide bonds. The maximum atomic E-state index is 13.2. The second-order valence-corrected chi connectivity index (χ2v) is 10.6. The number of nitrogens with zero attached hydrogens (tertiary/aromatic N) is 5. The lowest BCUT2D eigenvalue weighted by atomic mass is 10.1. The average Bonchev–Trinajstić information content (AvgIpc) is 3.23. The van der Waals surface area contributed by atoms with Crippen molar-refractivity contribution in [2.45, 2.75) is 32.6 Å². The molecule has 1 fully saturated rings. The van der Waals surface area contributed by atoms with E-state index in [1.165, 1.54) is 11.4 Å². The molecule has 9 nitrogen and oxygen atoms in total. The Morgan fingerprint density at radius 1 is 1.03 bits per heavy atom. The number of esters is 1. The number of ether oxygens (including phenoxy) is 1. The molecule has 180 valence electrons. The Balaban J connectivity index is 1.53. The number of hydrogen-bond donors (Lipinski definition) is 0. The Morgan fingerprint density at radius 3 is 2.44 bits per heavy atom. The molecule has 34 heavy (non-hydrogen) atoms. The van der Waals surface area contributed by atoms with E-state index in [9.17, 15) is 13.2 Å². The number of methoxy groups -OCH3 is 1. The smallest absolute Gasteiger partial charge is 0.325 e. The Labute approximate surface area is 200 Å². The van der Waals surface area contributed by atoms with Crippen LogP contribution in [-0.2, 0) is 39.2 Å². The SMILES string of the molecule is COC(=O)C1CN(Cc2ccc(C)cc2)CCS(=O)(=O)N1Cc1cn(Cc2ccccc2)nn1. The summed E-state index contributed by atoms with van der Waals surface area (Å²) < 4.78 is 34.3. The lowest BCUT2D eigenvalue weighted by Gasteiger charge is -2.28. The number of aromatic nitrogens is 3. The summed E-state index contributed by atoms with van der Waals surface area (Å²) in [5, 5.41) is 8.29. The second kappa shape index (κ2) is 10.5. The summed E-state index contributed by atoms with van der Waals surface area (Å²) in [6, 6.07) is 16.9. The number of benzene rings is 2. The van der Waals surface area contributed by atoms with Crippen molar-refractivity contribution >= 4 is 16.0 Å². The summed E-state index contributed by atoms with van der Waals surface area (Å²) in [4.78, 5) is 14.7. The van der Waals surface area contributed by atoms with Crippen LogP contribution in [0.5, 0.6) is 0 Å². The van der Waals surface area contributed by atoms with Crippen LogP contribution in [0.1, 0.15) is 22.4 Å². The molecule has 2 aromatic carbocycles. The standard InChI is InChI=1S/C24H29N5O4S/c1-19-8-10-21(11-9-19)14-27-12-13-34(31,32)29(23(18-27)24(30)33-2)17-22-16-28(26-25-22)15-20-6-4-3-5-7-20/h3-11,16,23H,12-15,17-18H2,1-2H3. The molecule has 4 rings (SSSR count). The van der Waals surface area contributed by atoms with Crippen LogP contribution in [-0.4, -0.2) is 70.6 Å². The minimum absolute atomic E-state index is 0.0464. The fraction of sp³-hybridized carbons (Fsp3) is 0.375. The van der Waals surface area contributed by atoms with Crippen molar-refractivity contribution in [2.24, 2.45) is 0 Å². The Hall–Kier alpha value is -3.08. The maximum Gasteiger partial charge on any atom is 0.325 e. The van der Waals surface area contributed by atoms with Crippen LogP contribution in [0.2, 0.25) is 0 Å². The Morgan fingerprint density at radius 2 is 1.74 bits per heavy atom. The van der Waals surface area contributed by atoms with Gasteiger partial charge in [-0.25, -0.2) is 13.1 Å². The second-order valence-electron chi connectivity index (χ2n) is 8.51. The molecule has 10 heteroatoms. The van der Waals surface area contributed by atoms with E-state index < -0.39 is 22.0 Å². The van der Waals surface area contributed by atoms with Crippen molar-refractivity contribution in [3.63, 3.8) is 0 Å². The normalized spacial score (nSPS) is 18.9. The lowest BCUT2D eigenvalue weighted by Crippen LogP contribution is -2.48. The van der Waals surface area contributed by atoms with Crippen molar-refractivity contribution in [3.05, 3.63) is 83.2 Å². The highest BCUT2D eigenvalue weighted by molar-refractivity contribution is 7.89. The lowest BCUT2D eigenvalue weighted by molar-refractivity contribution is -0.145. The zero-order valence-corrected chi connectivity index (χ0v) is 20.2. The molecule has 1 saturated heterocycles. The van der Waals surface area contributed by atoms with Gasteiger partial charge in [-0.2, -0.15) is 4.31 Å². The van der Waals surface area contributed by atoms with E-state index in [-0.39, 0.29) is 18.8 Å². The van der Waals surface area contributed by atoms with Gasteiger partial charge in [0.05, 0.1) is 37.8 Å². The third-order valence-electron chi connectivity index (χ3n) is 5.89. The molecule has 0 saturated carbocycles. The van der Waals surface area contributed by atoms with Gasteiger partial charge in [-0.05, 0) is 18.1 Å². The number of rotatable bonds is 7. The number of sulfonamides is 1. The molecule has 2 heterocycles. The van der Waals surface area contributed by atoms with Crippen LogP contribution < -0.4 is 0 Å². The van der Waals surface area contributed by atoms with E-state index in [0.29, 0.717) is 25.3 Å². The van der Waals surface area contributed by atoms with E-state index in [0.717, 1.165) is 16.7 Å². The van der Waals surface area contributed by atoms with Gasteiger partial charge in [0.25, 0.3) is 0 Å². The van der Waals surface area contributed by atoms with Gasteiger partial charge in [0.15, 0.2) is 0 Å². The van der Waals surface area contributed by atoms with Gasteiger partial charge in [0, 0.05) is 19.6 Å². The Bertz CT molecular complexity index is 1210. The predicted octanol–water partition coefficient (Wildman–Crippen LogP) is 1.82. The maximum absolute atomic E-state index is 13.2. The summed E-state index contributed by atoms with van der Waals surface area (Å²) in [6.45, 7) is 3.59. The van der Waals surface area contributed by atoms with Crippen LogP contribution in [0.25, 0.3) is 0 Å². The first-order valence-corrected chi connectivity index (χ1v) is 12.7. The van der Waals surface area contributed by atoms with Crippen LogP contribution >= 0.6 is 0 Å². The van der Waals surface area contributed by atoms with Gasteiger partial charge in [0.1, 0.15) is 6.04 Å². The molecular weight excluding hydrogens is 454 g/mol. The van der Waals surface area contributed by atoms with Crippen LogP contribution in [0.15, 0.2) is 60.8 Å². The monoisotopic (exact) mass is 483 g/mol. The number of hydrogen-bond acceptors (Lipinski definition) is 7. The molecule has 1 atom stereocenters. The van der Waals surface area contributed by atoms with Gasteiger partial charge < -0.3 is 4.74 Å². The van der Waals surface area contributed by atoms with E-state index >= 15 is 0 Å². The molecule has 1 aromatic heterocycles. The molecule has 1 aliphatic rings. The fourth-order valence-electron chi connectivity index (χ4n) is 4.03. The number of carbonyl (C=O) groups excluding carboxylic acids is 1. The highest BCUT2D eigenvalue weighted by atomic mass is 32.2. The van der Waals surface area contributed by atoms with Crippen molar-refractivity contribution < 1.29 is 17.9 Å². The molecule has 0 N–H and O–H groups in total. The molecule has 3 aromatic rings. The largest absolute Gasteiger partial charge is 0.468 e. The molecule has 0 spiro atoms. The zero-order chi connectivity index (χ0) is 24.1. The van der Waals surface area contributed by atoms with Gasteiger partial charge in [-0.15, -0.1) is 5.10 Å². The molecule has 0 bridgehead atoms. The van der Waals surface area contributed by atoms with E-state index in [1.54, 1.807) is 10.9 Å². The van der Waals surface area contributed by atoms with Gasteiger partial charge in [-0.1, -0.05) is 65.4 Å². The third kappa shape index (κ3) is 5.88. The van der Waals surface area contributed by atoms with Crippen LogP contribution in [0, 0.1) is 6.92 Å². The summed E-state index contributed by atoms with van der Waals surface area (Å²) in [7, 11) is -2.45. The number of carbonyl (C=O) groups is 1. The van der Waals surface area contributed by atoms with Crippen molar-refractivity contribution in [2.75, 3.05) is 26.0 Å². The molecule has 1 aliphatic heterocycles. The van der Waals surface area contributed by atoms with E-state index in [2.05, 4.69) is 10.3 Å². The molecular formula is C24H29N5O4S. The summed E-state index contributed by atoms with van der Waals surface area (Å²) in [6.07, 6.45) is 1.71. The van der Waals surface area contributed by atoms with E-state index in [1.807, 2.05) is 66.4 Å². The Kier molecular flexibility index (Phi) is 7.40. The zero-order valence-electron chi connectivity index (χ0n) is 19.4. The molecule has 1 unspecified atom stereocenters. The minimum Gasteiger partial charge on any atom is -0.468 e. The first kappa shape index (κ1) is 24.1. The third-order valence-corrected chi connectivity index (χ3v) is 7.69. The highest BCUT2D eigenvalue weighted by Crippen LogP contribution is 2.20. The highest BCUT2D eigenvalue weighted by Gasteiger charge is 2.40. The fourth-order valence-corrected chi connectivity index (χ4v) is 5.63. The van der Waals surface area contributed by atoms with Gasteiger partial charge in [0.2, 0.25) is 10.0 Å². The quantitative estimate of drug-likeness (QED) is 0.473. The van der Waals surface area contributed by atoms with Crippen molar-refractivity contribution in [3.8, 4) is 0 Å². The summed E-state index contributed by atoms with van der Waals surface area (Å²) in [5.74, 6) is -0.680. The number of aryl methyl sites for hydroxylation is 1. The average molecular weight is 484 g/mol. The van der Waals surface area contributed by atoms with Crippen molar-refractivity contribution in [1.82, 2.24) is 24.2 Å². The van der Waals surface area contributed by atoms with Crippen molar-refractivity contribution in [1.29, 1.82) is 0 Å². The minimum atomic E-state index is -3.73. The van der Waals surface area contributed by atoms with Gasteiger partial charge in [-0.3, -0.25) is 9.69 Å². The summed E-state index contributed by atoms with van der Waals surface area (Å²) >= 11 is 0. The topological polar surface area (TPSA) is 97.6 Å². The first-order valence-electron chi connectivity index (χ1n) is 11.1. The molecule has 0 aliphatic carbocycles. The predicted molar refractivity (Wildman–Crippen MR) is 127 cm³/mol. The van der Waals surface area contributed by atoms with Crippen LogP contribution in [0.3, 0.4) is 0 Å². The summed E-state index contributed by atoms with van der Waals surface area (Å²) in [5.41, 5.74) is 3.74. The van der Waals surface area contributed by atoms with E-state index in [4.69, 9.17) is 4.74 Å². The first-order chi connectivity index (χ1) is 16.3. The van der Waals surface area contributed by atoms with Gasteiger partial charge >= 0.3 is 5.97 Å². The van der Waals surface area contributed by atoms with Crippen LogP contribution in [0.4, 0.5) is 0 Å².